The van der Waals surface area contributed by atoms with Crippen LogP contribution in [-0.2, 0) is 0 Å². The summed E-state index contributed by atoms with van der Waals surface area (Å²) in [5.41, 5.74) is 4.21. The highest BCUT2D eigenvalue weighted by atomic mass is 14.0. The van der Waals surface area contributed by atoms with E-state index in [0.717, 1.165) is 0 Å². The third-order valence-corrected chi connectivity index (χ3v) is 2.30. The summed E-state index contributed by atoms with van der Waals surface area (Å²) in [5.74, 6) is 0. The van der Waals surface area contributed by atoms with Crippen molar-refractivity contribution in [1.82, 2.24) is 0 Å². The van der Waals surface area contributed by atoms with Crippen molar-refractivity contribution in [2.45, 2.75) is 33.6 Å². The quantitative estimate of drug-likeness (QED) is 0.634. The highest BCUT2D eigenvalue weighted by Gasteiger charge is 1.98. The van der Waals surface area contributed by atoms with Gasteiger partial charge in [0.15, 0.2) is 0 Å². The van der Waals surface area contributed by atoms with Gasteiger partial charge in [0.05, 0.1) is 0 Å². The lowest BCUT2D eigenvalue weighted by atomic mass is 9.99. The molecule has 0 aliphatic rings. The van der Waals surface area contributed by atoms with Gasteiger partial charge in [-0.05, 0) is 43.4 Å². The van der Waals surface area contributed by atoms with Crippen LogP contribution in [0.4, 0.5) is 0 Å². The van der Waals surface area contributed by atoms with Crippen molar-refractivity contribution in [3.8, 4) is 0 Å². The molecular formula is C12H17. The topological polar surface area (TPSA) is 0 Å². The third-order valence-electron chi connectivity index (χ3n) is 2.30. The first-order valence-electron chi connectivity index (χ1n) is 4.65. The van der Waals surface area contributed by atoms with Gasteiger partial charge in [0.1, 0.15) is 0 Å². The molecule has 0 amide bonds. The summed E-state index contributed by atoms with van der Waals surface area (Å²) in [6.45, 7) is 6.57. The van der Waals surface area contributed by atoms with Gasteiger partial charge in [-0.2, -0.15) is 0 Å². The fourth-order valence-corrected chi connectivity index (χ4v) is 1.29. The predicted molar refractivity (Wildman–Crippen MR) is 54.2 cm³/mol. The first kappa shape index (κ1) is 9.31. The standard InChI is InChI=1S/C12H17/c1-4-5-8-12-9-6-7-10(2)11(12)3/h6-9H,4-5H2,1-3H3. The molecule has 0 heteroatoms. The van der Waals surface area contributed by atoms with E-state index >= 15 is 0 Å². The van der Waals surface area contributed by atoms with Gasteiger partial charge in [0.25, 0.3) is 0 Å². The van der Waals surface area contributed by atoms with Crippen LogP contribution in [0.3, 0.4) is 0 Å². The van der Waals surface area contributed by atoms with Crippen molar-refractivity contribution in [2.24, 2.45) is 0 Å². The average molecular weight is 161 g/mol. The van der Waals surface area contributed by atoms with Crippen LogP contribution in [0.5, 0.6) is 0 Å². The molecule has 0 nitrogen and oxygen atoms in total. The molecule has 1 aromatic carbocycles. The lowest BCUT2D eigenvalue weighted by molar-refractivity contribution is 0.910. The molecule has 0 aromatic heterocycles. The van der Waals surface area contributed by atoms with E-state index in [0.29, 0.717) is 0 Å². The third kappa shape index (κ3) is 2.10. The van der Waals surface area contributed by atoms with Gasteiger partial charge in [-0.15, -0.1) is 0 Å². The Morgan fingerprint density at radius 1 is 1.25 bits per heavy atom. The molecule has 0 fully saturated rings. The van der Waals surface area contributed by atoms with E-state index in [1.54, 1.807) is 0 Å². The van der Waals surface area contributed by atoms with Crippen LogP contribution >= 0.6 is 0 Å². The monoisotopic (exact) mass is 161 g/mol. The number of hydrogen-bond donors (Lipinski definition) is 0. The van der Waals surface area contributed by atoms with Gasteiger partial charge in [-0.3, -0.25) is 0 Å². The van der Waals surface area contributed by atoms with Gasteiger partial charge in [-0.1, -0.05) is 31.5 Å². The molecule has 0 aliphatic carbocycles. The number of benzene rings is 1. The van der Waals surface area contributed by atoms with E-state index in [2.05, 4.69) is 45.4 Å². The number of rotatable bonds is 3. The molecule has 1 aromatic rings. The lowest BCUT2D eigenvalue weighted by Crippen LogP contribution is -1.89. The van der Waals surface area contributed by atoms with E-state index in [4.69, 9.17) is 0 Å². The van der Waals surface area contributed by atoms with Gasteiger partial charge < -0.3 is 0 Å². The Balaban J connectivity index is 2.78. The second-order valence-corrected chi connectivity index (χ2v) is 3.28. The van der Waals surface area contributed by atoms with Crippen LogP contribution in [0.15, 0.2) is 18.2 Å². The number of unbranched alkanes of at least 4 members (excludes halogenated alkanes) is 1. The van der Waals surface area contributed by atoms with Crippen molar-refractivity contribution in [3.05, 3.63) is 41.3 Å². The van der Waals surface area contributed by atoms with Crippen LogP contribution in [0, 0.1) is 20.3 Å². The van der Waals surface area contributed by atoms with Crippen molar-refractivity contribution in [2.75, 3.05) is 0 Å². The number of hydrogen-bond acceptors (Lipinski definition) is 0. The average Bonchev–Trinajstić information content (AvgIpc) is 2.08. The summed E-state index contributed by atoms with van der Waals surface area (Å²) in [6, 6.07) is 6.49. The van der Waals surface area contributed by atoms with E-state index in [9.17, 15) is 0 Å². The van der Waals surface area contributed by atoms with Crippen LogP contribution < -0.4 is 0 Å². The van der Waals surface area contributed by atoms with Crippen molar-refractivity contribution in [1.29, 1.82) is 0 Å². The van der Waals surface area contributed by atoms with Gasteiger partial charge >= 0.3 is 0 Å². The van der Waals surface area contributed by atoms with Crippen molar-refractivity contribution < 1.29 is 0 Å². The fourth-order valence-electron chi connectivity index (χ4n) is 1.29. The molecular weight excluding hydrogens is 144 g/mol. The molecule has 0 spiro atoms. The molecule has 1 rings (SSSR count). The molecule has 1 radical (unpaired) electrons. The van der Waals surface area contributed by atoms with E-state index in [-0.39, 0.29) is 0 Å². The molecule has 0 saturated heterocycles. The summed E-state index contributed by atoms with van der Waals surface area (Å²) in [7, 11) is 0. The number of aryl methyl sites for hydroxylation is 1. The van der Waals surface area contributed by atoms with E-state index in [1.807, 2.05) is 0 Å². The van der Waals surface area contributed by atoms with Gasteiger partial charge in [0.2, 0.25) is 0 Å². The Kier molecular flexibility index (Phi) is 3.33. The van der Waals surface area contributed by atoms with E-state index < -0.39 is 0 Å². The predicted octanol–water partition coefficient (Wildman–Crippen LogP) is 3.66. The Bertz CT molecular complexity index is 248. The first-order valence-corrected chi connectivity index (χ1v) is 4.65. The van der Waals surface area contributed by atoms with Crippen LogP contribution in [0.2, 0.25) is 0 Å². The zero-order valence-electron chi connectivity index (χ0n) is 8.22. The minimum Gasteiger partial charge on any atom is -0.0654 e. The molecule has 0 atom stereocenters. The Hall–Kier alpha value is -0.780. The van der Waals surface area contributed by atoms with Gasteiger partial charge in [-0.25, -0.2) is 0 Å². The van der Waals surface area contributed by atoms with E-state index in [1.165, 1.54) is 29.5 Å². The SMILES string of the molecule is CCC[CH]c1cccc(C)c1C. The summed E-state index contributed by atoms with van der Waals surface area (Å²) in [5, 5.41) is 0. The summed E-state index contributed by atoms with van der Waals surface area (Å²) in [6.07, 6.45) is 4.74. The Labute approximate surface area is 75.6 Å². The Morgan fingerprint density at radius 2 is 2.00 bits per heavy atom. The van der Waals surface area contributed by atoms with Gasteiger partial charge in [0, 0.05) is 0 Å². The molecule has 65 valence electrons. The zero-order valence-corrected chi connectivity index (χ0v) is 8.22. The Morgan fingerprint density at radius 3 is 2.67 bits per heavy atom. The lowest BCUT2D eigenvalue weighted by Gasteiger charge is -2.06. The smallest absolute Gasteiger partial charge is 0.00904 e. The fraction of sp³-hybridized carbons (Fsp3) is 0.417. The normalized spacial score (nSPS) is 10.2. The highest BCUT2D eigenvalue weighted by molar-refractivity contribution is 5.37. The largest absolute Gasteiger partial charge is 0.0654 e. The second kappa shape index (κ2) is 4.30. The highest BCUT2D eigenvalue weighted by Crippen LogP contribution is 2.16. The molecule has 12 heavy (non-hydrogen) atoms. The summed E-state index contributed by atoms with van der Waals surface area (Å²) >= 11 is 0. The molecule has 0 saturated carbocycles. The maximum absolute atomic E-state index is 2.32. The first-order chi connectivity index (χ1) is 5.75. The molecule has 0 heterocycles. The summed E-state index contributed by atoms with van der Waals surface area (Å²) in [4.78, 5) is 0. The molecule has 0 N–H and O–H groups in total. The second-order valence-electron chi connectivity index (χ2n) is 3.28. The van der Waals surface area contributed by atoms with Crippen molar-refractivity contribution >= 4 is 0 Å². The zero-order chi connectivity index (χ0) is 8.97. The maximum atomic E-state index is 2.32. The summed E-state index contributed by atoms with van der Waals surface area (Å²) < 4.78 is 0. The van der Waals surface area contributed by atoms with Crippen LogP contribution in [0.1, 0.15) is 36.5 Å². The van der Waals surface area contributed by atoms with Crippen LogP contribution in [0.25, 0.3) is 0 Å². The maximum Gasteiger partial charge on any atom is -0.00904 e. The van der Waals surface area contributed by atoms with Crippen molar-refractivity contribution in [3.63, 3.8) is 0 Å². The minimum absolute atomic E-state index is 1.18. The minimum atomic E-state index is 1.18. The van der Waals surface area contributed by atoms with Crippen LogP contribution in [-0.4, -0.2) is 0 Å². The molecule has 0 bridgehead atoms. The molecule has 0 unspecified atom stereocenters. The molecule has 0 aliphatic heterocycles.